The first-order chi connectivity index (χ1) is 30.1. The highest BCUT2D eigenvalue weighted by atomic mass is 31.2. The molecule has 0 aliphatic heterocycles. The molecule has 0 saturated carbocycles. The molecule has 0 fully saturated rings. The van der Waals surface area contributed by atoms with Gasteiger partial charge in [-0.15, -0.1) is 0 Å². The van der Waals surface area contributed by atoms with Crippen LogP contribution >= 0.6 is 7.82 Å². The third kappa shape index (κ3) is 49.5. The molecule has 0 saturated heterocycles. The summed E-state index contributed by atoms with van der Waals surface area (Å²) >= 11 is 0. The van der Waals surface area contributed by atoms with Crippen LogP contribution in [0.5, 0.6) is 0 Å². The van der Waals surface area contributed by atoms with Crippen molar-refractivity contribution in [3.8, 4) is 0 Å². The molecule has 0 rings (SSSR count). The molecule has 0 aromatic heterocycles. The number of rotatable bonds is 48. The standard InChI is InChI=1S/C53H100NO7P/c1-6-8-10-12-14-16-18-20-22-24-25-26-27-28-29-30-32-34-36-38-40-42-44-46-53(55)61-52(51-60-62(56,57)59-49-47-54(3,4)5)50-58-48-45-43-41-39-37-35-33-31-23-21-19-17-15-13-11-9-7-2/h18,20,23-25,27-28,31,52H,6-17,19,21-22,26,29-30,32-51H2,1-5H3/p+1/b20-18-,25-24-,28-27-,31-23-. The molecule has 8 nitrogen and oxygen atoms in total. The summed E-state index contributed by atoms with van der Waals surface area (Å²) in [6.45, 7) is 5.61. The predicted molar refractivity (Wildman–Crippen MR) is 266 cm³/mol. The number of ether oxygens (including phenoxy) is 2. The molecule has 9 heteroatoms. The van der Waals surface area contributed by atoms with Crippen LogP contribution in [0.2, 0.25) is 0 Å². The summed E-state index contributed by atoms with van der Waals surface area (Å²) in [5, 5.41) is 0. The van der Waals surface area contributed by atoms with Crippen LogP contribution in [0.1, 0.15) is 226 Å². The van der Waals surface area contributed by atoms with E-state index in [1.165, 1.54) is 154 Å². The van der Waals surface area contributed by atoms with Gasteiger partial charge in [-0.25, -0.2) is 4.57 Å². The average Bonchev–Trinajstić information content (AvgIpc) is 3.23. The van der Waals surface area contributed by atoms with Crippen molar-refractivity contribution in [2.24, 2.45) is 0 Å². The number of esters is 1. The molecule has 0 bridgehead atoms. The van der Waals surface area contributed by atoms with E-state index in [9.17, 15) is 14.3 Å². The van der Waals surface area contributed by atoms with E-state index in [2.05, 4.69) is 62.5 Å². The monoisotopic (exact) mass is 895 g/mol. The normalized spacial score (nSPS) is 14.0. The van der Waals surface area contributed by atoms with Crippen LogP contribution in [0.15, 0.2) is 48.6 Å². The van der Waals surface area contributed by atoms with E-state index in [0.717, 1.165) is 51.4 Å². The van der Waals surface area contributed by atoms with Gasteiger partial charge >= 0.3 is 13.8 Å². The molecule has 0 heterocycles. The highest BCUT2D eigenvalue weighted by molar-refractivity contribution is 7.47. The molecule has 62 heavy (non-hydrogen) atoms. The lowest BCUT2D eigenvalue weighted by Crippen LogP contribution is -2.37. The van der Waals surface area contributed by atoms with E-state index >= 15 is 0 Å². The highest BCUT2D eigenvalue weighted by Crippen LogP contribution is 2.43. The number of carbonyl (C=O) groups excluding carboxylic acids is 1. The van der Waals surface area contributed by atoms with Gasteiger partial charge in [-0.2, -0.15) is 0 Å². The van der Waals surface area contributed by atoms with Gasteiger partial charge in [-0.3, -0.25) is 13.8 Å². The van der Waals surface area contributed by atoms with Gasteiger partial charge in [0.25, 0.3) is 0 Å². The third-order valence-corrected chi connectivity index (χ3v) is 12.1. The van der Waals surface area contributed by atoms with Crippen LogP contribution in [-0.2, 0) is 27.9 Å². The van der Waals surface area contributed by atoms with E-state index in [-0.39, 0.29) is 25.8 Å². The van der Waals surface area contributed by atoms with Crippen LogP contribution in [-0.4, -0.2) is 75.6 Å². The SMILES string of the molecule is CCCCCCC/C=C\C/C=C\C/C=C\CCCCCCCCCCC(=O)OC(COCCCCCCCC/C=C\CCCCCCCCC)COP(=O)(O)OCC[N+](C)(C)C. The zero-order valence-electron chi connectivity index (χ0n) is 41.4. The number of allylic oxidation sites excluding steroid dienone is 8. The summed E-state index contributed by atoms with van der Waals surface area (Å²) in [5.41, 5.74) is 0. The van der Waals surface area contributed by atoms with Crippen molar-refractivity contribution in [3.63, 3.8) is 0 Å². The number of quaternary nitrogens is 1. The molecule has 0 aromatic carbocycles. The molecule has 0 aliphatic rings. The molecule has 2 unspecified atom stereocenters. The first-order valence-corrected chi connectivity index (χ1v) is 27.4. The zero-order valence-corrected chi connectivity index (χ0v) is 42.3. The molecule has 2 atom stereocenters. The summed E-state index contributed by atoms with van der Waals surface area (Å²) in [6, 6.07) is 0. The van der Waals surface area contributed by atoms with Crippen LogP contribution in [0.3, 0.4) is 0 Å². The van der Waals surface area contributed by atoms with Gasteiger partial charge in [0, 0.05) is 13.0 Å². The molecule has 364 valence electrons. The predicted octanol–water partition coefficient (Wildman–Crippen LogP) is 15.9. The van der Waals surface area contributed by atoms with Crippen LogP contribution in [0.25, 0.3) is 0 Å². The van der Waals surface area contributed by atoms with Crippen molar-refractivity contribution in [1.82, 2.24) is 0 Å². The first-order valence-electron chi connectivity index (χ1n) is 25.9. The van der Waals surface area contributed by atoms with Crippen LogP contribution in [0, 0.1) is 0 Å². The van der Waals surface area contributed by atoms with Crippen molar-refractivity contribution >= 4 is 13.8 Å². The molecule has 0 amide bonds. The number of carbonyl (C=O) groups is 1. The van der Waals surface area contributed by atoms with Gasteiger partial charge in [0.05, 0.1) is 34.4 Å². The van der Waals surface area contributed by atoms with E-state index in [0.29, 0.717) is 24.1 Å². The van der Waals surface area contributed by atoms with E-state index in [1.54, 1.807) is 0 Å². The zero-order chi connectivity index (χ0) is 45.5. The number of phosphoric acid groups is 1. The Hall–Kier alpha value is -1.54. The van der Waals surface area contributed by atoms with Crippen molar-refractivity contribution in [1.29, 1.82) is 0 Å². The number of likely N-dealkylation sites (N-methyl/N-ethyl adjacent to an activating group) is 1. The van der Waals surface area contributed by atoms with E-state index < -0.39 is 13.9 Å². The van der Waals surface area contributed by atoms with Gasteiger partial charge in [-0.1, -0.05) is 191 Å². The average molecular weight is 895 g/mol. The molecular weight excluding hydrogens is 794 g/mol. The van der Waals surface area contributed by atoms with Crippen LogP contribution < -0.4 is 0 Å². The topological polar surface area (TPSA) is 91.3 Å². The molecule has 0 radical (unpaired) electrons. The maximum Gasteiger partial charge on any atom is 0.472 e. The number of phosphoric ester groups is 1. The highest BCUT2D eigenvalue weighted by Gasteiger charge is 2.26. The molecule has 0 spiro atoms. The number of hydrogen-bond donors (Lipinski definition) is 1. The van der Waals surface area contributed by atoms with Gasteiger partial charge in [0.15, 0.2) is 0 Å². The third-order valence-electron chi connectivity index (χ3n) is 11.1. The lowest BCUT2D eigenvalue weighted by atomic mass is 10.1. The Labute approximate surface area is 384 Å². The van der Waals surface area contributed by atoms with Gasteiger partial charge in [0.2, 0.25) is 0 Å². The Morgan fingerprint density at radius 1 is 0.500 bits per heavy atom. The Morgan fingerprint density at radius 3 is 1.34 bits per heavy atom. The fourth-order valence-electron chi connectivity index (χ4n) is 7.08. The first kappa shape index (κ1) is 60.5. The lowest BCUT2D eigenvalue weighted by molar-refractivity contribution is -0.870. The Morgan fingerprint density at radius 2 is 0.887 bits per heavy atom. The number of nitrogens with zero attached hydrogens (tertiary/aromatic N) is 1. The molecule has 0 aromatic rings. The summed E-state index contributed by atoms with van der Waals surface area (Å²) in [4.78, 5) is 23.0. The van der Waals surface area contributed by atoms with Crippen molar-refractivity contribution in [3.05, 3.63) is 48.6 Å². The van der Waals surface area contributed by atoms with Crippen molar-refractivity contribution in [2.45, 2.75) is 232 Å². The van der Waals surface area contributed by atoms with Crippen molar-refractivity contribution in [2.75, 3.05) is 54.1 Å². The summed E-state index contributed by atoms with van der Waals surface area (Å²) in [5.74, 6) is -0.322. The summed E-state index contributed by atoms with van der Waals surface area (Å²) in [7, 11) is 1.66. The van der Waals surface area contributed by atoms with Crippen molar-refractivity contribution < 1.29 is 37.3 Å². The van der Waals surface area contributed by atoms with Gasteiger partial charge in [0.1, 0.15) is 19.3 Å². The Kier molecular flexibility index (Phi) is 44.9. The maximum absolute atomic E-state index is 12.8. The second-order valence-electron chi connectivity index (χ2n) is 18.5. The molecular formula is C53H101NO7P+. The fourth-order valence-corrected chi connectivity index (χ4v) is 7.83. The summed E-state index contributed by atoms with van der Waals surface area (Å²) in [6.07, 6.45) is 57.2. The minimum Gasteiger partial charge on any atom is -0.457 e. The maximum atomic E-state index is 12.8. The lowest BCUT2D eigenvalue weighted by Gasteiger charge is -2.24. The Balaban J connectivity index is 4.17. The number of unbranched alkanes of at least 4 members (excludes halogenated alkanes) is 26. The van der Waals surface area contributed by atoms with E-state index in [1.807, 2.05) is 21.1 Å². The minimum absolute atomic E-state index is 0.0849. The fraction of sp³-hybridized carbons (Fsp3) is 0.830. The second kappa shape index (κ2) is 46.0. The van der Waals surface area contributed by atoms with Gasteiger partial charge < -0.3 is 18.9 Å². The smallest absolute Gasteiger partial charge is 0.457 e. The molecule has 1 N–H and O–H groups in total. The quantitative estimate of drug-likeness (QED) is 0.0214. The van der Waals surface area contributed by atoms with Gasteiger partial charge in [-0.05, 0) is 77.0 Å². The number of hydrogen-bond acceptors (Lipinski definition) is 6. The minimum atomic E-state index is -4.28. The second-order valence-corrected chi connectivity index (χ2v) is 20.0. The van der Waals surface area contributed by atoms with Crippen LogP contribution in [0.4, 0.5) is 0 Å². The summed E-state index contributed by atoms with van der Waals surface area (Å²) < 4.78 is 35.1. The molecule has 0 aliphatic carbocycles. The largest absolute Gasteiger partial charge is 0.472 e. The van der Waals surface area contributed by atoms with E-state index in [4.69, 9.17) is 18.5 Å². The Bertz CT molecular complexity index is 1130.